The summed E-state index contributed by atoms with van der Waals surface area (Å²) in [7, 11) is 0. The quantitative estimate of drug-likeness (QED) is 0.638. The van der Waals surface area contributed by atoms with E-state index < -0.39 is 11.7 Å². The molecule has 5 nitrogen and oxygen atoms in total. The number of hydrogen-bond acceptors (Lipinski definition) is 4. The van der Waals surface area contributed by atoms with E-state index >= 15 is 0 Å². The number of ether oxygens (including phenoxy) is 1. The van der Waals surface area contributed by atoms with Crippen molar-refractivity contribution in [1.29, 1.82) is 0 Å². The predicted molar refractivity (Wildman–Crippen MR) is 105 cm³/mol. The first-order valence-corrected chi connectivity index (χ1v) is 9.08. The second-order valence-electron chi connectivity index (χ2n) is 6.62. The fourth-order valence-corrected chi connectivity index (χ4v) is 3.37. The van der Waals surface area contributed by atoms with E-state index in [-0.39, 0.29) is 0 Å². The van der Waals surface area contributed by atoms with Gasteiger partial charge in [-0.15, -0.1) is 0 Å². The summed E-state index contributed by atoms with van der Waals surface area (Å²) in [5.74, 6) is 1.03. The van der Waals surface area contributed by atoms with Gasteiger partial charge in [0.1, 0.15) is 11.4 Å². The maximum atomic E-state index is 12.7. The molecule has 4 rings (SSSR count). The molecule has 0 radical (unpaired) electrons. The normalized spacial score (nSPS) is 19.6. The highest BCUT2D eigenvalue weighted by atomic mass is 35.5. The first kappa shape index (κ1) is 17.5. The molecular formula is C21H18ClN3O2. The van der Waals surface area contributed by atoms with Crippen molar-refractivity contribution < 1.29 is 9.53 Å². The monoisotopic (exact) mass is 379 g/mol. The van der Waals surface area contributed by atoms with Crippen LogP contribution in [0.2, 0.25) is 5.02 Å². The summed E-state index contributed by atoms with van der Waals surface area (Å²) in [6.07, 6.45) is 1.89. The third-order valence-electron chi connectivity index (χ3n) is 4.73. The number of rotatable bonds is 3. The van der Waals surface area contributed by atoms with Gasteiger partial charge in [0.05, 0.1) is 0 Å². The second kappa shape index (κ2) is 7.00. The summed E-state index contributed by atoms with van der Waals surface area (Å²) in [6.45, 7) is 2.45. The van der Waals surface area contributed by atoms with Crippen LogP contribution in [0.4, 0.5) is 10.6 Å². The Balaban J connectivity index is 1.59. The van der Waals surface area contributed by atoms with E-state index in [1.165, 1.54) is 0 Å². The molecule has 0 N–H and O–H groups in total. The molecule has 1 aliphatic heterocycles. The molecule has 1 fully saturated rings. The molecule has 1 unspecified atom stereocenters. The van der Waals surface area contributed by atoms with Crippen molar-refractivity contribution in [2.24, 2.45) is 0 Å². The van der Waals surface area contributed by atoms with Crippen molar-refractivity contribution in [1.82, 2.24) is 9.97 Å². The van der Waals surface area contributed by atoms with Crippen LogP contribution in [0.25, 0.3) is 11.4 Å². The van der Waals surface area contributed by atoms with E-state index in [1.54, 1.807) is 29.3 Å². The highest BCUT2D eigenvalue weighted by molar-refractivity contribution is 6.30. The molecule has 1 aliphatic rings. The van der Waals surface area contributed by atoms with Crippen molar-refractivity contribution in [2.75, 3.05) is 11.4 Å². The van der Waals surface area contributed by atoms with Gasteiger partial charge in [0.15, 0.2) is 5.82 Å². The smallest absolute Gasteiger partial charge is 0.416 e. The summed E-state index contributed by atoms with van der Waals surface area (Å²) < 4.78 is 5.80. The van der Waals surface area contributed by atoms with Crippen LogP contribution in [0.15, 0.2) is 66.9 Å². The van der Waals surface area contributed by atoms with E-state index in [0.29, 0.717) is 29.6 Å². The number of cyclic esters (lactones) is 1. The Morgan fingerprint density at radius 1 is 1.11 bits per heavy atom. The highest BCUT2D eigenvalue weighted by Crippen LogP contribution is 2.35. The van der Waals surface area contributed by atoms with Crippen molar-refractivity contribution in [3.63, 3.8) is 0 Å². The average molecular weight is 380 g/mol. The Bertz CT molecular complexity index is 980. The topological polar surface area (TPSA) is 55.3 Å². The molecule has 6 heteroatoms. The predicted octanol–water partition coefficient (Wildman–Crippen LogP) is 5.06. The van der Waals surface area contributed by atoms with E-state index in [1.807, 2.05) is 49.4 Å². The van der Waals surface area contributed by atoms with Gasteiger partial charge >= 0.3 is 6.09 Å². The van der Waals surface area contributed by atoms with Crippen molar-refractivity contribution >= 4 is 23.5 Å². The van der Waals surface area contributed by atoms with Crippen molar-refractivity contribution in [2.45, 2.75) is 18.9 Å². The van der Waals surface area contributed by atoms with Crippen LogP contribution >= 0.6 is 11.6 Å². The van der Waals surface area contributed by atoms with Gasteiger partial charge in [-0.25, -0.2) is 14.8 Å². The fraction of sp³-hybridized carbons (Fsp3) is 0.190. The largest absolute Gasteiger partial charge is 0.438 e. The Labute approximate surface area is 162 Å². The van der Waals surface area contributed by atoms with E-state index in [9.17, 15) is 4.79 Å². The number of aromatic nitrogens is 2. The van der Waals surface area contributed by atoms with Gasteiger partial charge in [-0.05, 0) is 30.7 Å². The number of carbonyl (C=O) groups is 1. The molecule has 2 heterocycles. The Hall–Kier alpha value is -2.92. The molecule has 0 bridgehead atoms. The fourth-order valence-electron chi connectivity index (χ4n) is 3.18. The third kappa shape index (κ3) is 3.51. The maximum absolute atomic E-state index is 12.7. The van der Waals surface area contributed by atoms with Crippen LogP contribution in [0.1, 0.15) is 18.9 Å². The van der Waals surface area contributed by atoms with Gasteiger partial charge in [-0.1, -0.05) is 54.1 Å². The van der Waals surface area contributed by atoms with E-state index in [4.69, 9.17) is 16.3 Å². The zero-order valence-corrected chi connectivity index (χ0v) is 15.6. The molecule has 1 atom stereocenters. The number of carbonyl (C=O) groups excluding carboxylic acids is 1. The number of benzene rings is 2. The third-order valence-corrected chi connectivity index (χ3v) is 4.97. The molecule has 0 spiro atoms. The molecule has 1 aromatic heterocycles. The van der Waals surface area contributed by atoms with Gasteiger partial charge in [-0.2, -0.15) is 0 Å². The van der Waals surface area contributed by atoms with Gasteiger partial charge in [-0.3, -0.25) is 4.90 Å². The molecule has 2 aromatic carbocycles. The first-order chi connectivity index (χ1) is 13.0. The summed E-state index contributed by atoms with van der Waals surface area (Å²) in [5.41, 5.74) is 1.14. The summed E-state index contributed by atoms with van der Waals surface area (Å²) >= 11 is 6.06. The molecule has 3 aromatic rings. The summed E-state index contributed by atoms with van der Waals surface area (Å²) in [6, 6.07) is 18.8. The van der Waals surface area contributed by atoms with Gasteiger partial charge in [0.25, 0.3) is 0 Å². The number of halogens is 1. The lowest BCUT2D eigenvalue weighted by molar-refractivity contribution is 0.00565. The Kier molecular flexibility index (Phi) is 4.54. The SMILES string of the molecule is CC1(c2ccccc2)CCN(c2ccnc(-c3cccc(Cl)c3)n2)C(=O)O1. The summed E-state index contributed by atoms with van der Waals surface area (Å²) in [5, 5.41) is 0.609. The Morgan fingerprint density at radius 2 is 1.93 bits per heavy atom. The molecule has 0 saturated carbocycles. The highest BCUT2D eigenvalue weighted by Gasteiger charge is 2.39. The van der Waals surface area contributed by atoms with Gasteiger partial charge in [0.2, 0.25) is 0 Å². The lowest BCUT2D eigenvalue weighted by atomic mass is 9.91. The number of anilines is 1. The average Bonchev–Trinajstić information content (AvgIpc) is 2.69. The van der Waals surface area contributed by atoms with Crippen LogP contribution in [0.5, 0.6) is 0 Å². The Morgan fingerprint density at radius 3 is 2.67 bits per heavy atom. The molecular weight excluding hydrogens is 362 g/mol. The zero-order chi connectivity index (χ0) is 18.9. The van der Waals surface area contributed by atoms with E-state index in [2.05, 4.69) is 9.97 Å². The minimum absolute atomic E-state index is 0.414. The molecule has 136 valence electrons. The molecule has 0 aliphatic carbocycles. The van der Waals surface area contributed by atoms with Gasteiger partial charge < -0.3 is 4.74 Å². The summed E-state index contributed by atoms with van der Waals surface area (Å²) in [4.78, 5) is 23.1. The van der Waals surface area contributed by atoms with Crippen molar-refractivity contribution in [3.05, 3.63) is 77.4 Å². The van der Waals surface area contributed by atoms with Gasteiger partial charge in [0, 0.05) is 29.7 Å². The van der Waals surface area contributed by atoms with Crippen LogP contribution < -0.4 is 4.90 Å². The van der Waals surface area contributed by atoms with Crippen LogP contribution in [-0.2, 0) is 10.3 Å². The van der Waals surface area contributed by atoms with Crippen molar-refractivity contribution in [3.8, 4) is 11.4 Å². The second-order valence-corrected chi connectivity index (χ2v) is 7.05. The molecule has 1 saturated heterocycles. The number of hydrogen-bond donors (Lipinski definition) is 0. The number of nitrogens with zero attached hydrogens (tertiary/aromatic N) is 3. The zero-order valence-electron chi connectivity index (χ0n) is 14.8. The first-order valence-electron chi connectivity index (χ1n) is 8.70. The number of amides is 1. The van der Waals surface area contributed by atoms with Crippen LogP contribution in [-0.4, -0.2) is 22.6 Å². The van der Waals surface area contributed by atoms with E-state index in [0.717, 1.165) is 11.1 Å². The lowest BCUT2D eigenvalue weighted by Gasteiger charge is -2.38. The minimum atomic E-state index is -0.641. The van der Waals surface area contributed by atoms with Crippen LogP contribution in [0, 0.1) is 0 Å². The minimum Gasteiger partial charge on any atom is -0.438 e. The lowest BCUT2D eigenvalue weighted by Crippen LogP contribution is -2.47. The standard InChI is InChI=1S/C21H18ClN3O2/c1-21(16-7-3-2-4-8-16)11-13-25(20(26)27-21)18-10-12-23-19(24-18)15-6-5-9-17(22)14-15/h2-10,12,14H,11,13H2,1H3. The maximum Gasteiger partial charge on any atom is 0.416 e. The van der Waals surface area contributed by atoms with Crippen LogP contribution in [0.3, 0.4) is 0 Å². The molecule has 27 heavy (non-hydrogen) atoms. The molecule has 1 amide bonds.